The number of methoxy groups -OCH3 is 1. The summed E-state index contributed by atoms with van der Waals surface area (Å²) in [6, 6.07) is 9.78. The third kappa shape index (κ3) is 5.02. The molecule has 6 heteroatoms. The van der Waals surface area contributed by atoms with Crippen molar-refractivity contribution in [1.29, 1.82) is 0 Å². The van der Waals surface area contributed by atoms with E-state index >= 15 is 0 Å². The number of nitrogens with one attached hydrogen (secondary N) is 2. The Kier molecular flexibility index (Phi) is 5.26. The van der Waals surface area contributed by atoms with Crippen molar-refractivity contribution in [3.8, 4) is 11.4 Å². The maximum Gasteiger partial charge on any atom is 0.191 e. The zero-order valence-corrected chi connectivity index (χ0v) is 14.4. The summed E-state index contributed by atoms with van der Waals surface area (Å²) in [7, 11) is 3.42. The molecule has 0 fully saturated rings. The van der Waals surface area contributed by atoms with Crippen LogP contribution >= 0.6 is 0 Å². The highest BCUT2D eigenvalue weighted by molar-refractivity contribution is 5.80. The first-order valence-corrected chi connectivity index (χ1v) is 7.59. The molecule has 1 aromatic heterocycles. The molecule has 0 aliphatic rings. The lowest BCUT2D eigenvalue weighted by molar-refractivity contribution is 0.414. The van der Waals surface area contributed by atoms with E-state index in [-0.39, 0.29) is 5.54 Å². The van der Waals surface area contributed by atoms with Crippen molar-refractivity contribution in [2.45, 2.75) is 32.9 Å². The Balaban J connectivity index is 1.99. The minimum atomic E-state index is -0.0374. The Morgan fingerprint density at radius 2 is 1.91 bits per heavy atom. The van der Waals surface area contributed by atoms with Crippen LogP contribution < -0.4 is 15.4 Å². The molecule has 0 radical (unpaired) electrons. The summed E-state index contributed by atoms with van der Waals surface area (Å²) in [5.41, 5.74) is 1.90. The van der Waals surface area contributed by atoms with E-state index in [0.29, 0.717) is 6.54 Å². The lowest BCUT2D eigenvalue weighted by Crippen LogP contribution is -2.47. The second-order valence-electron chi connectivity index (χ2n) is 6.25. The number of ether oxygens (including phenoxy) is 1. The smallest absolute Gasteiger partial charge is 0.191 e. The molecule has 2 N–H and O–H groups in total. The van der Waals surface area contributed by atoms with Gasteiger partial charge in [0.15, 0.2) is 5.96 Å². The van der Waals surface area contributed by atoms with Crippen molar-refractivity contribution in [3.05, 3.63) is 42.2 Å². The molecule has 0 spiro atoms. The van der Waals surface area contributed by atoms with Gasteiger partial charge in [0.25, 0.3) is 0 Å². The van der Waals surface area contributed by atoms with Crippen molar-refractivity contribution in [1.82, 2.24) is 20.4 Å². The average Bonchev–Trinajstić information content (AvgIpc) is 2.99. The Morgan fingerprint density at radius 3 is 2.48 bits per heavy atom. The molecule has 0 bridgehead atoms. The Bertz CT molecular complexity index is 652. The summed E-state index contributed by atoms with van der Waals surface area (Å²) in [6.07, 6.45) is 1.94. The molecule has 2 aromatic rings. The van der Waals surface area contributed by atoms with Gasteiger partial charge in [-0.15, -0.1) is 0 Å². The molecular weight excluding hydrogens is 290 g/mol. The average molecular weight is 315 g/mol. The van der Waals surface area contributed by atoms with E-state index in [1.807, 2.05) is 41.2 Å². The molecule has 0 aliphatic carbocycles. The van der Waals surface area contributed by atoms with E-state index < -0.39 is 0 Å². The van der Waals surface area contributed by atoms with E-state index in [0.717, 1.165) is 23.1 Å². The first-order valence-electron chi connectivity index (χ1n) is 7.59. The summed E-state index contributed by atoms with van der Waals surface area (Å²) >= 11 is 0. The van der Waals surface area contributed by atoms with E-state index in [2.05, 4.69) is 41.5 Å². The van der Waals surface area contributed by atoms with Crippen LogP contribution in [0.4, 0.5) is 0 Å². The number of benzene rings is 1. The predicted octanol–water partition coefficient (Wildman–Crippen LogP) is 2.34. The van der Waals surface area contributed by atoms with Crippen LogP contribution in [0.3, 0.4) is 0 Å². The zero-order valence-electron chi connectivity index (χ0n) is 14.4. The number of hydrogen-bond donors (Lipinski definition) is 2. The summed E-state index contributed by atoms with van der Waals surface area (Å²) in [5.74, 6) is 1.59. The molecule has 23 heavy (non-hydrogen) atoms. The van der Waals surface area contributed by atoms with Crippen LogP contribution in [0.2, 0.25) is 0 Å². The largest absolute Gasteiger partial charge is 0.497 e. The van der Waals surface area contributed by atoms with Crippen LogP contribution in [0.15, 0.2) is 41.5 Å². The highest BCUT2D eigenvalue weighted by atomic mass is 16.5. The Morgan fingerprint density at radius 1 is 1.22 bits per heavy atom. The summed E-state index contributed by atoms with van der Waals surface area (Å²) in [4.78, 5) is 4.22. The van der Waals surface area contributed by atoms with Gasteiger partial charge in [0.05, 0.1) is 25.0 Å². The van der Waals surface area contributed by atoms with Gasteiger partial charge in [-0.25, -0.2) is 4.68 Å². The number of guanidine groups is 1. The van der Waals surface area contributed by atoms with Crippen molar-refractivity contribution < 1.29 is 4.74 Å². The summed E-state index contributed by atoms with van der Waals surface area (Å²) in [6.45, 7) is 6.90. The standard InChI is InChI=1S/C17H25N5O/c1-17(2,3)20-16(18-4)19-12-13-10-11-22(21-13)14-6-8-15(23-5)9-7-14/h6-11H,12H2,1-5H3,(H2,18,19,20). The summed E-state index contributed by atoms with van der Waals surface area (Å²) < 4.78 is 7.01. The highest BCUT2D eigenvalue weighted by Crippen LogP contribution is 2.14. The second-order valence-corrected chi connectivity index (χ2v) is 6.25. The number of nitrogens with zero attached hydrogens (tertiary/aromatic N) is 3. The number of aromatic nitrogens is 2. The van der Waals surface area contributed by atoms with Gasteiger partial charge in [0.2, 0.25) is 0 Å². The van der Waals surface area contributed by atoms with Crippen LogP contribution in [0.5, 0.6) is 5.75 Å². The molecule has 0 amide bonds. The quantitative estimate of drug-likeness (QED) is 0.671. The number of hydrogen-bond acceptors (Lipinski definition) is 3. The molecule has 6 nitrogen and oxygen atoms in total. The van der Waals surface area contributed by atoms with Gasteiger partial charge in [0.1, 0.15) is 5.75 Å². The normalized spacial score (nSPS) is 12.1. The van der Waals surface area contributed by atoms with E-state index in [4.69, 9.17) is 4.74 Å². The molecule has 0 atom stereocenters. The third-order valence-corrected chi connectivity index (χ3v) is 3.14. The Hall–Kier alpha value is -2.50. The fourth-order valence-corrected chi connectivity index (χ4v) is 2.04. The van der Waals surface area contributed by atoms with Gasteiger partial charge in [-0.3, -0.25) is 4.99 Å². The van der Waals surface area contributed by atoms with Crippen LogP contribution in [0.25, 0.3) is 5.69 Å². The molecule has 2 rings (SSSR count). The number of aliphatic imine (C=N–C) groups is 1. The zero-order chi connectivity index (χ0) is 16.9. The van der Waals surface area contributed by atoms with Gasteiger partial charge in [0, 0.05) is 18.8 Å². The highest BCUT2D eigenvalue weighted by Gasteiger charge is 2.12. The van der Waals surface area contributed by atoms with Crippen LogP contribution in [-0.4, -0.2) is 35.4 Å². The van der Waals surface area contributed by atoms with Crippen molar-refractivity contribution >= 4 is 5.96 Å². The van der Waals surface area contributed by atoms with E-state index in [9.17, 15) is 0 Å². The van der Waals surface area contributed by atoms with Gasteiger partial charge in [-0.05, 0) is 51.1 Å². The fourth-order valence-electron chi connectivity index (χ4n) is 2.04. The lowest BCUT2D eigenvalue weighted by atomic mass is 10.1. The van der Waals surface area contributed by atoms with Gasteiger partial charge in [-0.2, -0.15) is 5.10 Å². The fraction of sp³-hybridized carbons (Fsp3) is 0.412. The summed E-state index contributed by atoms with van der Waals surface area (Å²) in [5, 5.41) is 11.2. The minimum absolute atomic E-state index is 0.0374. The van der Waals surface area contributed by atoms with Gasteiger partial charge in [-0.1, -0.05) is 0 Å². The van der Waals surface area contributed by atoms with Crippen LogP contribution in [-0.2, 0) is 6.54 Å². The molecule has 0 aliphatic heterocycles. The lowest BCUT2D eigenvalue weighted by Gasteiger charge is -2.23. The third-order valence-electron chi connectivity index (χ3n) is 3.14. The molecular formula is C17H25N5O. The van der Waals surface area contributed by atoms with Crippen molar-refractivity contribution in [2.75, 3.05) is 14.2 Å². The molecule has 1 aromatic carbocycles. The van der Waals surface area contributed by atoms with E-state index in [1.165, 1.54) is 0 Å². The van der Waals surface area contributed by atoms with Crippen LogP contribution in [0.1, 0.15) is 26.5 Å². The van der Waals surface area contributed by atoms with E-state index in [1.54, 1.807) is 14.2 Å². The monoisotopic (exact) mass is 315 g/mol. The van der Waals surface area contributed by atoms with Gasteiger partial charge >= 0.3 is 0 Å². The molecule has 1 heterocycles. The predicted molar refractivity (Wildman–Crippen MR) is 93.2 cm³/mol. The van der Waals surface area contributed by atoms with Crippen molar-refractivity contribution in [3.63, 3.8) is 0 Å². The maximum absolute atomic E-state index is 5.17. The first kappa shape index (κ1) is 16.9. The molecule has 0 saturated heterocycles. The first-order chi connectivity index (χ1) is 10.9. The SMILES string of the molecule is CN=C(NCc1ccn(-c2ccc(OC)cc2)n1)NC(C)(C)C. The topological polar surface area (TPSA) is 63.5 Å². The maximum atomic E-state index is 5.17. The second kappa shape index (κ2) is 7.17. The molecule has 0 saturated carbocycles. The number of rotatable bonds is 4. The molecule has 0 unspecified atom stereocenters. The molecule has 124 valence electrons. The van der Waals surface area contributed by atoms with Crippen LogP contribution in [0, 0.1) is 0 Å². The van der Waals surface area contributed by atoms with Gasteiger partial charge < -0.3 is 15.4 Å². The van der Waals surface area contributed by atoms with Crippen molar-refractivity contribution in [2.24, 2.45) is 4.99 Å². The minimum Gasteiger partial charge on any atom is -0.497 e. The Labute approximate surface area is 137 Å².